The lowest BCUT2D eigenvalue weighted by atomic mass is 10.0. The predicted molar refractivity (Wildman–Crippen MR) is 124 cm³/mol. The third-order valence-corrected chi connectivity index (χ3v) is 5.41. The first-order valence-electron chi connectivity index (χ1n) is 11.1. The molecule has 1 aromatic carbocycles. The van der Waals surface area contributed by atoms with Gasteiger partial charge in [0.15, 0.2) is 0 Å². The van der Waals surface area contributed by atoms with Gasteiger partial charge in [0.05, 0.1) is 0 Å². The summed E-state index contributed by atoms with van der Waals surface area (Å²) in [5.74, 6) is 0.318. The average Bonchev–Trinajstić information content (AvgIpc) is 2.75. The van der Waals surface area contributed by atoms with Gasteiger partial charge in [-0.1, -0.05) is 13.8 Å². The number of nitrogens with one attached hydrogen (secondary N) is 3. The van der Waals surface area contributed by atoms with Crippen LogP contribution in [0.4, 0.5) is 16.2 Å². The van der Waals surface area contributed by atoms with Crippen LogP contribution in [0.5, 0.6) is 0 Å². The number of likely N-dealkylation sites (tertiary alicyclic amines) is 1. The Hall–Kier alpha value is -2.93. The highest BCUT2D eigenvalue weighted by molar-refractivity contribution is 5.92. The molecule has 2 aromatic rings. The molecule has 3 rings (SSSR count). The van der Waals surface area contributed by atoms with Crippen molar-refractivity contribution in [3.05, 3.63) is 54.4 Å². The summed E-state index contributed by atoms with van der Waals surface area (Å²) in [4.78, 5) is 30.7. The van der Waals surface area contributed by atoms with Crippen LogP contribution >= 0.6 is 0 Å². The van der Waals surface area contributed by atoms with E-state index >= 15 is 0 Å². The first kappa shape index (κ1) is 22.7. The topological polar surface area (TPSA) is 86.4 Å². The number of hydrogen-bond donors (Lipinski definition) is 3. The largest absolute Gasteiger partial charge is 0.335 e. The minimum atomic E-state index is -0.188. The molecule has 1 saturated heterocycles. The second-order valence-electron chi connectivity index (χ2n) is 8.54. The standard InChI is InChI=1S/C24H33N5O2/c1-18(2)17-23(30)26-20-3-5-21(6-4-20)27-24(31)28-22-10-15-29(16-11-22)14-9-19-7-12-25-13-8-19/h3-8,12-13,18,22H,9-11,14-17H2,1-2H3,(H,26,30)(H2,27,28,31). The van der Waals surface area contributed by atoms with Crippen molar-refractivity contribution in [3.63, 3.8) is 0 Å². The van der Waals surface area contributed by atoms with Gasteiger partial charge in [0.2, 0.25) is 5.91 Å². The summed E-state index contributed by atoms with van der Waals surface area (Å²) in [6, 6.07) is 11.3. The van der Waals surface area contributed by atoms with E-state index in [1.54, 1.807) is 24.3 Å². The Morgan fingerprint density at radius 1 is 1.00 bits per heavy atom. The highest BCUT2D eigenvalue weighted by Gasteiger charge is 2.20. The summed E-state index contributed by atoms with van der Waals surface area (Å²) >= 11 is 0. The molecule has 3 N–H and O–H groups in total. The fourth-order valence-electron chi connectivity index (χ4n) is 3.71. The van der Waals surface area contributed by atoms with Crippen LogP contribution in [0.3, 0.4) is 0 Å². The van der Waals surface area contributed by atoms with Gasteiger partial charge in [-0.3, -0.25) is 9.78 Å². The lowest BCUT2D eigenvalue weighted by Crippen LogP contribution is -2.46. The molecule has 0 spiro atoms. The van der Waals surface area contributed by atoms with E-state index in [0.717, 1.165) is 44.6 Å². The maximum atomic E-state index is 12.3. The highest BCUT2D eigenvalue weighted by Crippen LogP contribution is 2.15. The summed E-state index contributed by atoms with van der Waals surface area (Å²) in [5, 5.41) is 8.82. The monoisotopic (exact) mass is 423 g/mol. The normalized spacial score (nSPS) is 14.9. The Labute approximate surface area is 184 Å². The molecule has 7 heteroatoms. The van der Waals surface area contributed by atoms with Crippen molar-refractivity contribution in [1.82, 2.24) is 15.2 Å². The quantitative estimate of drug-likeness (QED) is 0.601. The first-order valence-corrected chi connectivity index (χ1v) is 11.1. The van der Waals surface area contributed by atoms with Crippen molar-refractivity contribution >= 4 is 23.3 Å². The number of nitrogens with zero attached hydrogens (tertiary/aromatic N) is 2. The molecule has 7 nitrogen and oxygen atoms in total. The van der Waals surface area contributed by atoms with Crippen LogP contribution in [0.2, 0.25) is 0 Å². The van der Waals surface area contributed by atoms with Crippen molar-refractivity contribution in [1.29, 1.82) is 0 Å². The van der Waals surface area contributed by atoms with E-state index in [0.29, 0.717) is 18.0 Å². The number of piperidine rings is 1. The second-order valence-corrected chi connectivity index (χ2v) is 8.54. The van der Waals surface area contributed by atoms with E-state index in [1.807, 2.05) is 26.2 Å². The van der Waals surface area contributed by atoms with Gasteiger partial charge in [0, 0.05) is 55.9 Å². The number of carbonyl (C=O) groups excluding carboxylic acids is 2. The lowest BCUT2D eigenvalue weighted by Gasteiger charge is -2.32. The molecule has 0 radical (unpaired) electrons. The number of urea groups is 1. The van der Waals surface area contributed by atoms with E-state index in [-0.39, 0.29) is 18.0 Å². The minimum Gasteiger partial charge on any atom is -0.335 e. The van der Waals surface area contributed by atoms with Crippen LogP contribution in [0.15, 0.2) is 48.8 Å². The molecule has 3 amide bonds. The zero-order valence-corrected chi connectivity index (χ0v) is 18.4. The number of hydrogen-bond acceptors (Lipinski definition) is 4. The summed E-state index contributed by atoms with van der Waals surface area (Å²) in [6.45, 7) is 7.03. The van der Waals surface area contributed by atoms with Crippen LogP contribution in [0.25, 0.3) is 0 Å². The minimum absolute atomic E-state index is 0.000529. The highest BCUT2D eigenvalue weighted by atomic mass is 16.2. The summed E-state index contributed by atoms with van der Waals surface area (Å²) in [6.07, 6.45) is 7.08. The Balaban J connectivity index is 1.36. The van der Waals surface area contributed by atoms with Gasteiger partial charge in [-0.25, -0.2) is 4.79 Å². The van der Waals surface area contributed by atoms with Crippen LogP contribution in [0.1, 0.15) is 38.7 Å². The number of aromatic nitrogens is 1. The molecule has 2 heterocycles. The average molecular weight is 424 g/mol. The molecular weight excluding hydrogens is 390 g/mol. The van der Waals surface area contributed by atoms with Gasteiger partial charge in [0.25, 0.3) is 0 Å². The number of anilines is 2. The van der Waals surface area contributed by atoms with Gasteiger partial charge in [0.1, 0.15) is 0 Å². The molecule has 0 unspecified atom stereocenters. The van der Waals surface area contributed by atoms with Crippen molar-refractivity contribution < 1.29 is 9.59 Å². The maximum absolute atomic E-state index is 12.3. The molecule has 1 aliphatic heterocycles. The van der Waals surface area contributed by atoms with Gasteiger partial charge < -0.3 is 20.9 Å². The second kappa shape index (κ2) is 11.5. The van der Waals surface area contributed by atoms with Crippen LogP contribution in [-0.2, 0) is 11.2 Å². The Morgan fingerprint density at radius 3 is 2.23 bits per heavy atom. The third kappa shape index (κ3) is 8.02. The molecule has 1 fully saturated rings. The molecule has 0 saturated carbocycles. The number of carbonyl (C=O) groups is 2. The fraction of sp³-hybridized carbons (Fsp3) is 0.458. The van der Waals surface area contributed by atoms with E-state index in [1.165, 1.54) is 5.56 Å². The number of benzene rings is 1. The molecule has 0 atom stereocenters. The van der Waals surface area contributed by atoms with E-state index in [4.69, 9.17) is 0 Å². The number of rotatable bonds is 8. The zero-order valence-electron chi connectivity index (χ0n) is 18.4. The lowest BCUT2D eigenvalue weighted by molar-refractivity contribution is -0.116. The smallest absolute Gasteiger partial charge is 0.319 e. The van der Waals surface area contributed by atoms with Crippen LogP contribution < -0.4 is 16.0 Å². The SMILES string of the molecule is CC(C)CC(=O)Nc1ccc(NC(=O)NC2CCN(CCc3ccncc3)CC2)cc1. The molecule has 0 bridgehead atoms. The van der Waals surface area contributed by atoms with Crippen molar-refractivity contribution in [3.8, 4) is 0 Å². The summed E-state index contributed by atoms with van der Waals surface area (Å²) < 4.78 is 0. The number of pyridine rings is 1. The molecular formula is C24H33N5O2. The van der Waals surface area contributed by atoms with Crippen LogP contribution in [-0.4, -0.2) is 47.5 Å². The fourth-order valence-corrected chi connectivity index (χ4v) is 3.71. The van der Waals surface area contributed by atoms with Crippen LogP contribution in [0, 0.1) is 5.92 Å². The molecule has 1 aliphatic rings. The molecule has 31 heavy (non-hydrogen) atoms. The van der Waals surface area contributed by atoms with Gasteiger partial charge in [-0.2, -0.15) is 0 Å². The Morgan fingerprint density at radius 2 is 1.61 bits per heavy atom. The molecule has 166 valence electrons. The molecule has 1 aromatic heterocycles. The summed E-state index contributed by atoms with van der Waals surface area (Å²) in [7, 11) is 0. The predicted octanol–water partition coefficient (Wildman–Crippen LogP) is 3.89. The third-order valence-electron chi connectivity index (χ3n) is 5.41. The summed E-state index contributed by atoms with van der Waals surface area (Å²) in [5.41, 5.74) is 2.74. The maximum Gasteiger partial charge on any atom is 0.319 e. The molecule has 0 aliphatic carbocycles. The first-order chi connectivity index (χ1) is 15.0. The van der Waals surface area contributed by atoms with E-state index in [9.17, 15) is 9.59 Å². The van der Waals surface area contributed by atoms with Crippen molar-refractivity contribution in [2.45, 2.75) is 45.6 Å². The van der Waals surface area contributed by atoms with E-state index in [2.05, 4.69) is 38.0 Å². The van der Waals surface area contributed by atoms with Gasteiger partial charge in [-0.05, 0) is 67.1 Å². The van der Waals surface area contributed by atoms with E-state index < -0.39 is 0 Å². The Kier molecular flexibility index (Phi) is 8.41. The number of amides is 3. The van der Waals surface area contributed by atoms with Gasteiger partial charge >= 0.3 is 6.03 Å². The Bertz CT molecular complexity index is 831. The van der Waals surface area contributed by atoms with Crippen molar-refractivity contribution in [2.75, 3.05) is 30.3 Å². The zero-order chi connectivity index (χ0) is 22.1. The van der Waals surface area contributed by atoms with Crippen molar-refractivity contribution in [2.24, 2.45) is 5.92 Å². The van der Waals surface area contributed by atoms with Gasteiger partial charge in [-0.15, -0.1) is 0 Å².